The zero-order valence-corrected chi connectivity index (χ0v) is 18.5. The van der Waals surface area contributed by atoms with Crippen molar-refractivity contribution in [3.8, 4) is 0 Å². The van der Waals surface area contributed by atoms with E-state index >= 15 is 0 Å². The molecule has 0 saturated heterocycles. The van der Waals surface area contributed by atoms with Gasteiger partial charge in [-0.3, -0.25) is 4.79 Å². The lowest BCUT2D eigenvalue weighted by Crippen LogP contribution is -2.14. The molecule has 3 heterocycles. The highest BCUT2D eigenvalue weighted by Gasteiger charge is 2.36. The van der Waals surface area contributed by atoms with Gasteiger partial charge in [-0.25, -0.2) is 34.7 Å². The summed E-state index contributed by atoms with van der Waals surface area (Å²) in [5.41, 5.74) is -0.746. The van der Waals surface area contributed by atoms with Crippen LogP contribution in [0.2, 0.25) is 0 Å². The van der Waals surface area contributed by atoms with Crippen LogP contribution in [0, 0.1) is 0 Å². The van der Waals surface area contributed by atoms with Crippen LogP contribution in [0.25, 0.3) is 0 Å². The highest BCUT2D eigenvalue weighted by Crippen LogP contribution is 2.27. The number of halogens is 9. The molecule has 1 N–H and O–H groups in total. The molecule has 0 atom stereocenters. The van der Waals surface area contributed by atoms with Gasteiger partial charge in [0.15, 0.2) is 12.0 Å². The van der Waals surface area contributed by atoms with E-state index in [4.69, 9.17) is 5.11 Å². The SMILES string of the molecule is COC(=O)c1ccnc(C(F)(F)F)n1.O=Cc1ccnc(C(F)(F)F)n1.OCc1ccnc(C(F)(F)F)n1. The number of carbonyl (C=O) groups excluding carboxylic acids is 2. The molecule has 0 aliphatic rings. The Morgan fingerprint density at radius 1 is 0.789 bits per heavy atom. The molecule has 3 aromatic rings. The second kappa shape index (κ2) is 13.3. The van der Waals surface area contributed by atoms with Crippen LogP contribution >= 0.6 is 0 Å². The Morgan fingerprint density at radius 3 is 1.68 bits per heavy atom. The van der Waals surface area contributed by atoms with Gasteiger partial charge in [0.2, 0.25) is 17.5 Å². The van der Waals surface area contributed by atoms with Crippen molar-refractivity contribution in [2.24, 2.45) is 0 Å². The molecule has 0 radical (unpaired) electrons. The van der Waals surface area contributed by atoms with Gasteiger partial charge in [-0.2, -0.15) is 39.5 Å². The molecule has 0 saturated carbocycles. The number of nitrogens with zero attached hydrogens (tertiary/aromatic N) is 6. The molecule has 0 bridgehead atoms. The molecular weight excluding hydrogens is 547 g/mol. The molecule has 0 unspecified atom stereocenters. The fraction of sp³-hybridized carbons (Fsp3) is 0.263. The summed E-state index contributed by atoms with van der Waals surface area (Å²) in [4.78, 5) is 38.8. The van der Waals surface area contributed by atoms with E-state index < -0.39 is 54.3 Å². The molecule has 0 aromatic carbocycles. The van der Waals surface area contributed by atoms with E-state index in [9.17, 15) is 49.1 Å². The first kappa shape index (κ1) is 31.7. The lowest BCUT2D eigenvalue weighted by molar-refractivity contribution is -0.145. The number of aldehydes is 1. The van der Waals surface area contributed by atoms with Crippen LogP contribution < -0.4 is 0 Å². The minimum Gasteiger partial charge on any atom is -0.464 e. The van der Waals surface area contributed by atoms with Crippen molar-refractivity contribution >= 4 is 12.3 Å². The maximum absolute atomic E-state index is 12.1. The second-order valence-corrected chi connectivity index (χ2v) is 6.20. The van der Waals surface area contributed by atoms with E-state index in [1.165, 1.54) is 6.07 Å². The standard InChI is InChI=1S/C7H5F3N2O2.C6H5F3N2O.C6H3F3N2O/c1-14-5(13)4-2-3-11-6(12-4)7(8,9)10;2*7-6(8,9)5-10-2-1-4(3-12)11-5/h2-3H,1H3;1-2,12H,3H2;1-3H. The van der Waals surface area contributed by atoms with E-state index in [-0.39, 0.29) is 17.7 Å². The molecule has 3 aromatic heterocycles. The number of rotatable bonds is 3. The number of aliphatic hydroxyl groups excluding tert-OH is 1. The second-order valence-electron chi connectivity index (χ2n) is 6.20. The number of carbonyl (C=O) groups is 2. The van der Waals surface area contributed by atoms with Crippen LogP contribution in [-0.2, 0) is 29.9 Å². The van der Waals surface area contributed by atoms with Crippen LogP contribution in [0.5, 0.6) is 0 Å². The lowest BCUT2D eigenvalue weighted by Gasteiger charge is -2.04. The summed E-state index contributed by atoms with van der Waals surface area (Å²) in [6.45, 7) is -0.522. The molecule has 19 heteroatoms. The van der Waals surface area contributed by atoms with Crippen molar-refractivity contribution < 1.29 is 58.9 Å². The molecule has 0 fully saturated rings. The quantitative estimate of drug-likeness (QED) is 0.287. The Kier molecular flexibility index (Phi) is 11.1. The van der Waals surface area contributed by atoms with Crippen LogP contribution in [0.15, 0.2) is 36.8 Å². The number of hydrogen-bond acceptors (Lipinski definition) is 10. The van der Waals surface area contributed by atoms with Gasteiger partial charge in [0.25, 0.3) is 0 Å². The normalized spacial score (nSPS) is 11.3. The van der Waals surface area contributed by atoms with E-state index in [1.54, 1.807) is 0 Å². The number of esters is 1. The highest BCUT2D eigenvalue weighted by atomic mass is 19.4. The number of ether oxygens (including phenoxy) is 1. The molecule has 0 aliphatic carbocycles. The molecule has 206 valence electrons. The largest absolute Gasteiger partial charge is 0.464 e. The summed E-state index contributed by atoms with van der Waals surface area (Å²) in [5.74, 6) is -4.82. The van der Waals surface area contributed by atoms with E-state index in [0.717, 1.165) is 37.8 Å². The van der Waals surface area contributed by atoms with E-state index in [2.05, 4.69) is 34.6 Å². The monoisotopic (exact) mass is 560 g/mol. The van der Waals surface area contributed by atoms with Gasteiger partial charge < -0.3 is 9.84 Å². The Hall–Kier alpha value is -4.29. The number of methoxy groups -OCH3 is 1. The highest BCUT2D eigenvalue weighted by molar-refractivity contribution is 5.86. The van der Waals surface area contributed by atoms with Crippen molar-refractivity contribution in [1.29, 1.82) is 0 Å². The average Bonchev–Trinajstić information content (AvgIpc) is 2.87. The van der Waals surface area contributed by atoms with Gasteiger partial charge >= 0.3 is 24.5 Å². The molecule has 0 spiro atoms. The average molecular weight is 560 g/mol. The summed E-state index contributed by atoms with van der Waals surface area (Å²) < 4.78 is 112. The van der Waals surface area contributed by atoms with Crippen LogP contribution in [-0.4, -0.2) is 54.4 Å². The van der Waals surface area contributed by atoms with Gasteiger partial charge in [0.1, 0.15) is 5.69 Å². The summed E-state index contributed by atoms with van der Waals surface area (Å²) in [6.07, 6.45) is -10.9. The van der Waals surface area contributed by atoms with Crippen molar-refractivity contribution in [2.45, 2.75) is 25.1 Å². The van der Waals surface area contributed by atoms with E-state index in [0.29, 0.717) is 0 Å². The van der Waals surface area contributed by atoms with Crippen LogP contribution in [0.4, 0.5) is 39.5 Å². The topological polar surface area (TPSA) is 141 Å². The number of aliphatic hydroxyl groups is 1. The number of alkyl halides is 9. The first-order valence-corrected chi connectivity index (χ1v) is 9.36. The summed E-state index contributed by atoms with van der Waals surface area (Å²) in [5, 5.41) is 8.47. The van der Waals surface area contributed by atoms with Crippen molar-refractivity contribution in [1.82, 2.24) is 29.9 Å². The third kappa shape index (κ3) is 10.4. The maximum atomic E-state index is 12.1. The minimum atomic E-state index is -4.66. The fourth-order valence-corrected chi connectivity index (χ4v) is 1.91. The third-order valence-corrected chi connectivity index (χ3v) is 3.48. The molecular formula is C19H13F9N6O4. The maximum Gasteiger partial charge on any atom is 0.451 e. The zero-order chi connectivity index (χ0) is 29.1. The summed E-state index contributed by atoms with van der Waals surface area (Å²) >= 11 is 0. The molecule has 3 rings (SSSR count). The number of aromatic nitrogens is 6. The molecule has 0 aliphatic heterocycles. The predicted octanol–water partition coefficient (Wildman–Crippen LogP) is 3.58. The molecule has 0 amide bonds. The molecule has 10 nitrogen and oxygen atoms in total. The van der Waals surface area contributed by atoms with Crippen LogP contribution in [0.3, 0.4) is 0 Å². The van der Waals surface area contributed by atoms with Gasteiger partial charge in [-0.15, -0.1) is 0 Å². The first-order chi connectivity index (χ1) is 17.5. The zero-order valence-electron chi connectivity index (χ0n) is 18.5. The van der Waals surface area contributed by atoms with Crippen molar-refractivity contribution in [3.05, 3.63) is 71.3 Å². The minimum absolute atomic E-state index is 0.0441. The smallest absolute Gasteiger partial charge is 0.451 e. The predicted molar refractivity (Wildman–Crippen MR) is 104 cm³/mol. The first-order valence-electron chi connectivity index (χ1n) is 9.36. The Balaban J connectivity index is 0.000000286. The Labute approximate surface area is 205 Å². The van der Waals surface area contributed by atoms with Gasteiger partial charge in [-0.05, 0) is 18.2 Å². The van der Waals surface area contributed by atoms with Gasteiger partial charge in [0, 0.05) is 18.6 Å². The Bertz CT molecular complexity index is 1220. The van der Waals surface area contributed by atoms with Crippen LogP contribution in [0.1, 0.15) is 44.1 Å². The third-order valence-electron chi connectivity index (χ3n) is 3.48. The summed E-state index contributed by atoms with van der Waals surface area (Å²) in [7, 11) is 1.05. The number of hydrogen-bond donors (Lipinski definition) is 1. The Morgan fingerprint density at radius 2 is 1.24 bits per heavy atom. The fourth-order valence-electron chi connectivity index (χ4n) is 1.91. The van der Waals surface area contributed by atoms with E-state index in [1.807, 2.05) is 0 Å². The van der Waals surface area contributed by atoms with Crippen molar-refractivity contribution in [2.75, 3.05) is 7.11 Å². The van der Waals surface area contributed by atoms with Crippen molar-refractivity contribution in [3.63, 3.8) is 0 Å². The molecule has 38 heavy (non-hydrogen) atoms. The summed E-state index contributed by atoms with van der Waals surface area (Å²) in [6, 6.07) is 3.36. The lowest BCUT2D eigenvalue weighted by atomic mass is 10.4. The van der Waals surface area contributed by atoms with Gasteiger partial charge in [0.05, 0.1) is 19.4 Å². The van der Waals surface area contributed by atoms with Gasteiger partial charge in [-0.1, -0.05) is 0 Å².